The lowest BCUT2D eigenvalue weighted by molar-refractivity contribution is -0.133. The Morgan fingerprint density at radius 1 is 1.26 bits per heavy atom. The fourth-order valence-electron chi connectivity index (χ4n) is 4.93. The molecule has 0 radical (unpaired) electrons. The van der Waals surface area contributed by atoms with Crippen molar-refractivity contribution in [3.8, 4) is 5.75 Å². The van der Waals surface area contributed by atoms with Crippen LogP contribution in [-0.2, 0) is 22.6 Å². The lowest BCUT2D eigenvalue weighted by Gasteiger charge is -2.44. The van der Waals surface area contributed by atoms with Crippen molar-refractivity contribution in [3.05, 3.63) is 64.8 Å². The first-order valence-corrected chi connectivity index (χ1v) is 11.9. The molecule has 2 aliphatic heterocycles. The summed E-state index contributed by atoms with van der Waals surface area (Å²) in [6.45, 7) is 3.57. The number of hydrogen-bond acceptors (Lipinski definition) is 4. The number of nitrogens with one attached hydrogen (secondary N) is 1. The van der Waals surface area contributed by atoms with E-state index in [4.69, 9.17) is 21.1 Å². The zero-order valence-electron chi connectivity index (χ0n) is 19.3. The first-order valence-electron chi connectivity index (χ1n) is 11.5. The second-order valence-corrected chi connectivity index (χ2v) is 9.62. The molecule has 2 aromatic carbocycles. The van der Waals surface area contributed by atoms with Crippen LogP contribution in [-0.4, -0.2) is 53.2 Å². The standard InChI is InChI=1S/C26H28ClN3O4/c1-26(25(32)28-14-21-7-4-10-34-21)16-29-22-13-20(33-2)9-8-18(22)12-23(29)24(31)30(26)15-17-5-3-6-19(27)11-17/h3,5-6,8-9,11-13,21H,4,7,10,14-16H2,1-2H3,(H,28,32). The summed E-state index contributed by atoms with van der Waals surface area (Å²) in [6, 6.07) is 15.0. The molecule has 0 bridgehead atoms. The quantitative estimate of drug-likeness (QED) is 0.577. The maximum absolute atomic E-state index is 13.8. The smallest absolute Gasteiger partial charge is 0.271 e. The van der Waals surface area contributed by atoms with E-state index in [1.807, 2.05) is 54.0 Å². The van der Waals surface area contributed by atoms with Crippen LogP contribution in [0.3, 0.4) is 0 Å². The van der Waals surface area contributed by atoms with Crippen molar-refractivity contribution in [1.29, 1.82) is 0 Å². The van der Waals surface area contributed by atoms with Gasteiger partial charge in [0.15, 0.2) is 0 Å². The highest BCUT2D eigenvalue weighted by Crippen LogP contribution is 2.35. The number of aromatic nitrogens is 1. The molecule has 7 nitrogen and oxygen atoms in total. The average Bonchev–Trinajstić information content (AvgIpc) is 3.48. The van der Waals surface area contributed by atoms with Gasteiger partial charge < -0.3 is 24.3 Å². The molecular weight excluding hydrogens is 454 g/mol. The van der Waals surface area contributed by atoms with Gasteiger partial charge in [-0.05, 0) is 55.7 Å². The van der Waals surface area contributed by atoms with Gasteiger partial charge in [0.05, 0.1) is 25.3 Å². The number of rotatable bonds is 6. The van der Waals surface area contributed by atoms with E-state index in [1.54, 1.807) is 18.1 Å². The molecule has 178 valence electrons. The van der Waals surface area contributed by atoms with Gasteiger partial charge in [-0.2, -0.15) is 0 Å². The normalized spacial score (nSPS) is 22.1. The fourth-order valence-corrected chi connectivity index (χ4v) is 5.14. The minimum absolute atomic E-state index is 0.0143. The molecule has 5 rings (SSSR count). The first kappa shape index (κ1) is 22.7. The summed E-state index contributed by atoms with van der Waals surface area (Å²) in [7, 11) is 1.61. The second-order valence-electron chi connectivity index (χ2n) is 9.18. The summed E-state index contributed by atoms with van der Waals surface area (Å²) in [5.74, 6) is 0.302. The van der Waals surface area contributed by atoms with Crippen LogP contribution in [0.15, 0.2) is 48.5 Å². The Morgan fingerprint density at radius 3 is 2.85 bits per heavy atom. The first-order chi connectivity index (χ1) is 16.4. The van der Waals surface area contributed by atoms with Crippen LogP contribution in [0, 0.1) is 0 Å². The SMILES string of the molecule is COc1ccc2cc3n(c2c1)CC(C)(C(=O)NCC1CCCO1)N(Cc1cccc(Cl)c1)C3=O. The van der Waals surface area contributed by atoms with Crippen LogP contribution in [0.25, 0.3) is 10.9 Å². The van der Waals surface area contributed by atoms with E-state index in [0.29, 0.717) is 29.6 Å². The number of fused-ring (bicyclic) bond motifs is 3. The third kappa shape index (κ3) is 4.03. The number of methoxy groups -OCH3 is 1. The van der Waals surface area contributed by atoms with Crippen LogP contribution in [0.5, 0.6) is 5.75 Å². The molecule has 3 aromatic rings. The molecule has 8 heteroatoms. The Morgan fingerprint density at radius 2 is 2.12 bits per heavy atom. The van der Waals surface area contributed by atoms with Gasteiger partial charge in [0.1, 0.15) is 17.0 Å². The third-order valence-electron chi connectivity index (χ3n) is 6.87. The largest absolute Gasteiger partial charge is 0.497 e. The molecule has 34 heavy (non-hydrogen) atoms. The Kier molecular flexibility index (Phi) is 6.00. The summed E-state index contributed by atoms with van der Waals surface area (Å²) in [4.78, 5) is 29.2. The number of halogens is 1. The highest BCUT2D eigenvalue weighted by atomic mass is 35.5. The third-order valence-corrected chi connectivity index (χ3v) is 7.11. The van der Waals surface area contributed by atoms with Crippen LogP contribution < -0.4 is 10.1 Å². The number of ether oxygens (including phenoxy) is 2. The van der Waals surface area contributed by atoms with Gasteiger partial charge in [0.2, 0.25) is 5.91 Å². The average molecular weight is 482 g/mol. The van der Waals surface area contributed by atoms with Gasteiger partial charge in [0, 0.05) is 36.2 Å². The minimum atomic E-state index is -1.11. The summed E-state index contributed by atoms with van der Waals surface area (Å²) in [5, 5.41) is 4.57. The van der Waals surface area contributed by atoms with Gasteiger partial charge in [-0.15, -0.1) is 0 Å². The summed E-state index contributed by atoms with van der Waals surface area (Å²) in [5.41, 5.74) is 1.17. The molecule has 1 fully saturated rings. The Balaban J connectivity index is 1.54. The Bertz CT molecular complexity index is 1250. The molecule has 1 N–H and O–H groups in total. The second kappa shape index (κ2) is 8.96. The van der Waals surface area contributed by atoms with E-state index >= 15 is 0 Å². The highest BCUT2D eigenvalue weighted by Gasteiger charge is 2.47. The van der Waals surface area contributed by atoms with Crippen LogP contribution in [0.2, 0.25) is 5.02 Å². The lowest BCUT2D eigenvalue weighted by atomic mass is 9.93. The number of carbonyl (C=O) groups excluding carboxylic acids is 2. The number of hydrogen-bond donors (Lipinski definition) is 1. The molecule has 1 aromatic heterocycles. The molecule has 3 heterocycles. The summed E-state index contributed by atoms with van der Waals surface area (Å²) < 4.78 is 13.0. The van der Waals surface area contributed by atoms with Gasteiger partial charge in [-0.25, -0.2) is 0 Å². The maximum Gasteiger partial charge on any atom is 0.271 e. The van der Waals surface area contributed by atoms with Crippen molar-refractivity contribution >= 4 is 34.3 Å². The number of carbonyl (C=O) groups is 2. The number of benzene rings is 2. The zero-order valence-corrected chi connectivity index (χ0v) is 20.1. The van der Waals surface area contributed by atoms with Gasteiger partial charge in [0.25, 0.3) is 5.91 Å². The zero-order chi connectivity index (χ0) is 23.9. The van der Waals surface area contributed by atoms with E-state index in [9.17, 15) is 9.59 Å². The van der Waals surface area contributed by atoms with Crippen molar-refractivity contribution < 1.29 is 19.1 Å². The Hall–Kier alpha value is -3.03. The minimum Gasteiger partial charge on any atom is -0.497 e. The van der Waals surface area contributed by atoms with Crippen molar-refractivity contribution in [1.82, 2.24) is 14.8 Å². The Labute approximate surface area is 203 Å². The van der Waals surface area contributed by atoms with Crippen LogP contribution >= 0.6 is 11.6 Å². The number of amides is 2. The summed E-state index contributed by atoms with van der Waals surface area (Å²) in [6.07, 6.45) is 1.94. The van der Waals surface area contributed by atoms with Crippen molar-refractivity contribution in [2.45, 2.75) is 44.5 Å². The summed E-state index contributed by atoms with van der Waals surface area (Å²) >= 11 is 6.21. The fraction of sp³-hybridized carbons (Fsp3) is 0.385. The molecule has 2 atom stereocenters. The van der Waals surface area contributed by atoms with Crippen LogP contribution in [0.4, 0.5) is 0 Å². The van der Waals surface area contributed by atoms with Gasteiger partial charge in [-0.1, -0.05) is 23.7 Å². The maximum atomic E-state index is 13.8. The van der Waals surface area contributed by atoms with Crippen molar-refractivity contribution in [2.75, 3.05) is 20.3 Å². The molecule has 0 spiro atoms. The number of nitrogens with zero attached hydrogens (tertiary/aromatic N) is 2. The molecule has 1 saturated heterocycles. The van der Waals surface area contributed by atoms with E-state index < -0.39 is 5.54 Å². The van der Waals surface area contributed by atoms with Crippen molar-refractivity contribution in [3.63, 3.8) is 0 Å². The van der Waals surface area contributed by atoms with E-state index in [0.717, 1.165) is 35.9 Å². The van der Waals surface area contributed by atoms with E-state index in [-0.39, 0.29) is 24.5 Å². The van der Waals surface area contributed by atoms with Gasteiger partial charge in [-0.3, -0.25) is 9.59 Å². The highest BCUT2D eigenvalue weighted by molar-refractivity contribution is 6.30. The monoisotopic (exact) mass is 481 g/mol. The molecule has 2 unspecified atom stereocenters. The van der Waals surface area contributed by atoms with Crippen molar-refractivity contribution in [2.24, 2.45) is 0 Å². The molecular formula is C26H28ClN3O4. The molecule has 0 saturated carbocycles. The molecule has 0 aliphatic carbocycles. The predicted octanol–water partition coefficient (Wildman–Crippen LogP) is 4.01. The molecule has 2 aliphatic rings. The van der Waals surface area contributed by atoms with E-state index in [2.05, 4.69) is 5.32 Å². The lowest BCUT2D eigenvalue weighted by Crippen LogP contribution is -2.64. The van der Waals surface area contributed by atoms with Crippen LogP contribution in [0.1, 0.15) is 35.8 Å². The van der Waals surface area contributed by atoms with E-state index in [1.165, 1.54) is 0 Å². The topological polar surface area (TPSA) is 72.8 Å². The predicted molar refractivity (Wildman–Crippen MR) is 130 cm³/mol. The molecule has 2 amide bonds. The van der Waals surface area contributed by atoms with Gasteiger partial charge >= 0.3 is 0 Å².